The number of aromatic nitrogens is 4. The monoisotopic (exact) mass is 607 g/mol. The van der Waals surface area contributed by atoms with Gasteiger partial charge in [-0.3, -0.25) is 9.59 Å². The minimum atomic E-state index is -0.639. The summed E-state index contributed by atoms with van der Waals surface area (Å²) in [5.41, 5.74) is 25.4. The number of rotatable bonds is 12. The molecule has 234 valence electrons. The van der Waals surface area contributed by atoms with Crippen molar-refractivity contribution in [3.63, 3.8) is 0 Å². The van der Waals surface area contributed by atoms with Gasteiger partial charge in [0.2, 0.25) is 23.7 Å². The number of allylic oxidation sites excluding steroid dienone is 2. The highest BCUT2D eigenvalue weighted by Crippen LogP contribution is 2.31. The maximum absolute atomic E-state index is 12.0. The van der Waals surface area contributed by atoms with Crippen LogP contribution in [-0.2, 0) is 17.8 Å². The number of methoxy groups -OCH3 is 1. The standard InChI is InChI=1S/C29H37N9O6/c1-29(2,3)44-28(41)34-8-7-11-43-21-15-17(25(31)40)13-19-23(21)38(27(33)36-19)10-6-5-9-37-22-18(35-26(37)32)12-16(24(30)39)14-20(22)42-4/h5-6,12-15H,7-11H2,1-4H3,(H2,30,39)(H2,31,40)(H2,32,35)(H2,33,36)(H,34,41)/b6-5+. The van der Waals surface area contributed by atoms with Gasteiger partial charge in [-0.25, -0.2) is 14.8 Å². The van der Waals surface area contributed by atoms with E-state index in [1.165, 1.54) is 13.2 Å². The number of ether oxygens (including phenoxy) is 3. The summed E-state index contributed by atoms with van der Waals surface area (Å²) in [6, 6.07) is 6.19. The van der Waals surface area contributed by atoms with Gasteiger partial charge in [-0.15, -0.1) is 0 Å². The molecule has 0 unspecified atom stereocenters. The third kappa shape index (κ3) is 7.11. The maximum atomic E-state index is 12.0. The van der Waals surface area contributed by atoms with Crippen LogP contribution in [0.1, 0.15) is 47.9 Å². The molecule has 0 radical (unpaired) electrons. The molecule has 0 atom stereocenters. The molecule has 0 saturated carbocycles. The van der Waals surface area contributed by atoms with Gasteiger partial charge in [0, 0.05) is 30.8 Å². The number of fused-ring (bicyclic) bond motifs is 2. The fourth-order valence-electron chi connectivity index (χ4n) is 4.53. The molecule has 3 amide bonds. The van der Waals surface area contributed by atoms with Gasteiger partial charge < -0.3 is 51.6 Å². The number of benzene rings is 2. The number of carbonyl (C=O) groups excluding carboxylic acids is 3. The van der Waals surface area contributed by atoms with Gasteiger partial charge in [-0.05, 0) is 51.5 Å². The molecular formula is C29H37N9O6. The highest BCUT2D eigenvalue weighted by molar-refractivity contribution is 5.99. The summed E-state index contributed by atoms with van der Waals surface area (Å²) in [7, 11) is 1.48. The third-order valence-electron chi connectivity index (χ3n) is 6.45. The van der Waals surface area contributed by atoms with E-state index < -0.39 is 23.5 Å². The van der Waals surface area contributed by atoms with Crippen LogP contribution in [-0.4, -0.2) is 62.9 Å². The van der Waals surface area contributed by atoms with Gasteiger partial charge in [0.1, 0.15) is 28.1 Å². The summed E-state index contributed by atoms with van der Waals surface area (Å²) in [4.78, 5) is 44.3. The predicted molar refractivity (Wildman–Crippen MR) is 165 cm³/mol. The molecule has 0 aliphatic rings. The van der Waals surface area contributed by atoms with E-state index in [9.17, 15) is 14.4 Å². The smallest absolute Gasteiger partial charge is 0.407 e. The summed E-state index contributed by atoms with van der Waals surface area (Å²) < 4.78 is 20.2. The van der Waals surface area contributed by atoms with Gasteiger partial charge in [0.05, 0.1) is 24.8 Å². The van der Waals surface area contributed by atoms with E-state index in [4.69, 9.17) is 37.1 Å². The zero-order chi connectivity index (χ0) is 32.2. The largest absolute Gasteiger partial charge is 0.494 e. The zero-order valence-electron chi connectivity index (χ0n) is 25.0. The Balaban J connectivity index is 1.52. The molecule has 0 saturated heterocycles. The minimum Gasteiger partial charge on any atom is -0.494 e. The van der Waals surface area contributed by atoms with Crippen molar-refractivity contribution in [2.24, 2.45) is 11.5 Å². The first-order valence-electron chi connectivity index (χ1n) is 13.8. The maximum Gasteiger partial charge on any atom is 0.407 e. The Morgan fingerprint density at radius 2 is 1.36 bits per heavy atom. The second-order valence-corrected chi connectivity index (χ2v) is 10.9. The number of nitrogen functional groups attached to an aromatic ring is 2. The van der Waals surface area contributed by atoms with E-state index in [2.05, 4.69) is 15.3 Å². The SMILES string of the molecule is COc1cc(C(N)=O)cc2nc(N)n(C/C=C/Cn3c(N)nc4cc(C(N)=O)cc(OCCCNC(=O)OC(C)(C)C)c43)c12. The van der Waals surface area contributed by atoms with Crippen molar-refractivity contribution in [2.75, 3.05) is 31.7 Å². The lowest BCUT2D eigenvalue weighted by atomic mass is 10.1. The van der Waals surface area contributed by atoms with E-state index in [0.717, 1.165) is 0 Å². The zero-order valence-corrected chi connectivity index (χ0v) is 25.0. The first kappa shape index (κ1) is 31.5. The van der Waals surface area contributed by atoms with Crippen molar-refractivity contribution >= 4 is 51.9 Å². The van der Waals surface area contributed by atoms with Gasteiger partial charge in [-0.2, -0.15) is 0 Å². The fraction of sp³-hybridized carbons (Fsp3) is 0.345. The summed E-state index contributed by atoms with van der Waals surface area (Å²) in [5.74, 6) is -0.0333. The molecule has 0 aliphatic carbocycles. The molecule has 44 heavy (non-hydrogen) atoms. The number of nitrogens with zero attached hydrogens (tertiary/aromatic N) is 4. The van der Waals surface area contributed by atoms with Gasteiger partial charge in [0.15, 0.2) is 0 Å². The molecule has 0 fully saturated rings. The molecule has 4 aromatic rings. The number of primary amides is 2. The molecule has 2 heterocycles. The van der Waals surface area contributed by atoms with Crippen LogP contribution in [0.5, 0.6) is 11.5 Å². The third-order valence-corrected chi connectivity index (χ3v) is 6.45. The van der Waals surface area contributed by atoms with Gasteiger partial charge in [-0.1, -0.05) is 12.2 Å². The van der Waals surface area contributed by atoms with E-state index >= 15 is 0 Å². The van der Waals surface area contributed by atoms with Crippen LogP contribution >= 0.6 is 0 Å². The number of hydrogen-bond acceptors (Lipinski definition) is 10. The Bertz CT molecular complexity index is 1750. The molecule has 2 aromatic heterocycles. The Kier molecular flexibility index (Phi) is 9.16. The van der Waals surface area contributed by atoms with Crippen molar-refractivity contribution in [3.8, 4) is 11.5 Å². The quantitative estimate of drug-likeness (QED) is 0.116. The summed E-state index contributed by atoms with van der Waals surface area (Å²) in [6.45, 7) is 6.53. The number of amides is 3. The van der Waals surface area contributed by atoms with Crippen molar-refractivity contribution < 1.29 is 28.6 Å². The average Bonchev–Trinajstić information content (AvgIpc) is 3.43. The highest BCUT2D eigenvalue weighted by atomic mass is 16.6. The predicted octanol–water partition coefficient (Wildman–Crippen LogP) is 2.31. The van der Waals surface area contributed by atoms with Gasteiger partial charge >= 0.3 is 6.09 Å². The number of nitrogens with two attached hydrogens (primary N) is 4. The summed E-state index contributed by atoms with van der Waals surface area (Å²) in [5, 5.41) is 2.68. The van der Waals surface area contributed by atoms with Crippen molar-refractivity contribution in [2.45, 2.75) is 45.9 Å². The molecule has 2 aromatic carbocycles. The molecule has 9 N–H and O–H groups in total. The summed E-state index contributed by atoms with van der Waals surface area (Å²) >= 11 is 0. The lowest BCUT2D eigenvalue weighted by molar-refractivity contribution is 0.0525. The highest BCUT2D eigenvalue weighted by Gasteiger charge is 2.19. The van der Waals surface area contributed by atoms with E-state index in [0.29, 0.717) is 59.6 Å². The lowest BCUT2D eigenvalue weighted by Crippen LogP contribution is -2.33. The first-order chi connectivity index (χ1) is 20.8. The fourth-order valence-corrected chi connectivity index (χ4v) is 4.53. The summed E-state index contributed by atoms with van der Waals surface area (Å²) in [6.07, 6.45) is 3.68. The minimum absolute atomic E-state index is 0.205. The van der Waals surface area contributed by atoms with Crippen molar-refractivity contribution in [1.82, 2.24) is 24.4 Å². The Morgan fingerprint density at radius 1 is 0.864 bits per heavy atom. The lowest BCUT2D eigenvalue weighted by Gasteiger charge is -2.19. The molecular weight excluding hydrogens is 570 g/mol. The number of imidazole rings is 2. The normalized spacial score (nSPS) is 11.7. The second kappa shape index (κ2) is 12.8. The molecule has 15 heteroatoms. The molecule has 4 rings (SSSR count). The number of alkyl carbamates (subject to hydrolysis) is 1. The number of hydrogen-bond donors (Lipinski definition) is 5. The van der Waals surface area contributed by atoms with Crippen LogP contribution < -0.4 is 37.7 Å². The Labute approximate surface area is 253 Å². The number of nitrogens with one attached hydrogen (secondary N) is 1. The molecule has 0 spiro atoms. The average molecular weight is 608 g/mol. The van der Waals surface area contributed by atoms with Crippen LogP contribution in [0.2, 0.25) is 0 Å². The van der Waals surface area contributed by atoms with Crippen LogP contribution in [0.3, 0.4) is 0 Å². The van der Waals surface area contributed by atoms with Crippen LogP contribution in [0, 0.1) is 0 Å². The Hall–Kier alpha value is -5.47. The van der Waals surface area contributed by atoms with Crippen LogP contribution in [0.15, 0.2) is 36.4 Å². The number of anilines is 2. The molecule has 15 nitrogen and oxygen atoms in total. The van der Waals surface area contributed by atoms with Crippen molar-refractivity contribution in [1.29, 1.82) is 0 Å². The van der Waals surface area contributed by atoms with Crippen LogP contribution in [0.4, 0.5) is 16.7 Å². The topological polar surface area (TPSA) is 231 Å². The Morgan fingerprint density at radius 3 is 1.84 bits per heavy atom. The van der Waals surface area contributed by atoms with Crippen LogP contribution in [0.25, 0.3) is 22.1 Å². The van der Waals surface area contributed by atoms with Crippen molar-refractivity contribution in [3.05, 3.63) is 47.5 Å². The molecule has 0 aliphatic heterocycles. The van der Waals surface area contributed by atoms with E-state index in [-0.39, 0.29) is 29.6 Å². The van der Waals surface area contributed by atoms with E-state index in [1.54, 1.807) is 48.1 Å². The first-order valence-corrected chi connectivity index (χ1v) is 13.8. The molecule has 0 bridgehead atoms. The van der Waals surface area contributed by atoms with E-state index in [1.807, 2.05) is 12.2 Å². The number of carbonyl (C=O) groups is 3. The second-order valence-electron chi connectivity index (χ2n) is 10.9. The van der Waals surface area contributed by atoms with Gasteiger partial charge in [0.25, 0.3) is 0 Å².